The summed E-state index contributed by atoms with van der Waals surface area (Å²) in [6, 6.07) is 8.21. The molecule has 0 saturated heterocycles. The van der Waals surface area contributed by atoms with Crippen molar-refractivity contribution in [3.8, 4) is 0 Å². The van der Waals surface area contributed by atoms with Gasteiger partial charge in [0.05, 0.1) is 13.0 Å². The average Bonchev–Trinajstić information content (AvgIpc) is 2.27. The minimum atomic E-state index is -0.184. The summed E-state index contributed by atoms with van der Waals surface area (Å²) >= 11 is 0. The van der Waals surface area contributed by atoms with E-state index in [0.29, 0.717) is 5.92 Å². The van der Waals surface area contributed by atoms with Gasteiger partial charge in [0.1, 0.15) is 0 Å². The van der Waals surface area contributed by atoms with Gasteiger partial charge in [-0.05, 0) is 30.4 Å². The molecule has 3 heteroatoms. The van der Waals surface area contributed by atoms with Gasteiger partial charge in [0.2, 0.25) is 0 Å². The van der Waals surface area contributed by atoms with E-state index in [4.69, 9.17) is 4.74 Å². The molecule has 96 valence electrons. The monoisotopic (exact) mass is 256 g/mol. The Morgan fingerprint density at radius 1 is 1.18 bits per heavy atom. The summed E-state index contributed by atoms with van der Waals surface area (Å²) < 4.78 is 4.72. The molecule has 0 fully saturated rings. The molecule has 0 saturated carbocycles. The molecular formula is C14H21ClO2. The molecule has 0 aliphatic heterocycles. The van der Waals surface area contributed by atoms with E-state index >= 15 is 0 Å². The Hall–Kier alpha value is -1.02. The molecule has 1 aromatic carbocycles. The fraction of sp³-hybridized carbons (Fsp3) is 0.500. The van der Waals surface area contributed by atoms with Crippen molar-refractivity contribution in [3.63, 3.8) is 0 Å². The van der Waals surface area contributed by atoms with Gasteiger partial charge in [-0.2, -0.15) is 0 Å². The SMILES string of the molecule is COC(=O)C(C)c1ccc(CC(C)C)cc1.Cl. The topological polar surface area (TPSA) is 26.3 Å². The maximum absolute atomic E-state index is 11.4. The molecule has 0 aliphatic rings. The lowest BCUT2D eigenvalue weighted by Gasteiger charge is -2.11. The maximum atomic E-state index is 11.4. The number of methoxy groups -OCH3 is 1. The number of carbonyl (C=O) groups excluding carboxylic acids is 1. The minimum Gasteiger partial charge on any atom is -0.469 e. The number of ether oxygens (including phenoxy) is 1. The summed E-state index contributed by atoms with van der Waals surface area (Å²) in [5.74, 6) is 0.290. The van der Waals surface area contributed by atoms with Crippen LogP contribution in [-0.2, 0) is 16.0 Å². The molecule has 1 unspecified atom stereocenters. The highest BCUT2D eigenvalue weighted by Crippen LogP contribution is 2.18. The van der Waals surface area contributed by atoms with Crippen molar-refractivity contribution in [1.29, 1.82) is 0 Å². The number of rotatable bonds is 4. The largest absolute Gasteiger partial charge is 0.469 e. The highest BCUT2D eigenvalue weighted by Gasteiger charge is 2.14. The molecule has 1 atom stereocenters. The lowest BCUT2D eigenvalue weighted by Crippen LogP contribution is -2.10. The molecule has 0 aromatic heterocycles. The second-order valence-corrected chi connectivity index (χ2v) is 4.58. The third-order valence-electron chi connectivity index (χ3n) is 2.68. The number of hydrogen-bond donors (Lipinski definition) is 0. The summed E-state index contributed by atoms with van der Waals surface area (Å²) in [5.41, 5.74) is 2.33. The van der Waals surface area contributed by atoms with Crippen molar-refractivity contribution >= 4 is 18.4 Å². The van der Waals surface area contributed by atoms with E-state index in [1.54, 1.807) is 0 Å². The van der Waals surface area contributed by atoms with Gasteiger partial charge in [-0.25, -0.2) is 0 Å². The number of hydrogen-bond acceptors (Lipinski definition) is 2. The van der Waals surface area contributed by atoms with Crippen LogP contribution in [0.4, 0.5) is 0 Å². The number of benzene rings is 1. The quantitative estimate of drug-likeness (QED) is 0.770. The smallest absolute Gasteiger partial charge is 0.312 e. The van der Waals surface area contributed by atoms with E-state index in [9.17, 15) is 4.79 Å². The Balaban J connectivity index is 0.00000256. The van der Waals surface area contributed by atoms with Crippen LogP contribution in [0.2, 0.25) is 0 Å². The van der Waals surface area contributed by atoms with E-state index in [1.165, 1.54) is 12.7 Å². The second-order valence-electron chi connectivity index (χ2n) is 4.58. The molecule has 0 N–H and O–H groups in total. The Labute approximate surface area is 110 Å². The van der Waals surface area contributed by atoms with Crippen molar-refractivity contribution in [2.24, 2.45) is 5.92 Å². The fourth-order valence-electron chi connectivity index (χ4n) is 1.73. The normalized spacial score (nSPS) is 11.8. The average molecular weight is 257 g/mol. The van der Waals surface area contributed by atoms with Crippen molar-refractivity contribution in [2.45, 2.75) is 33.1 Å². The molecule has 2 nitrogen and oxygen atoms in total. The van der Waals surface area contributed by atoms with Crippen molar-refractivity contribution in [3.05, 3.63) is 35.4 Å². The van der Waals surface area contributed by atoms with Gasteiger partial charge in [-0.3, -0.25) is 4.79 Å². The molecular weight excluding hydrogens is 236 g/mol. The number of esters is 1. The van der Waals surface area contributed by atoms with E-state index in [0.717, 1.165) is 12.0 Å². The summed E-state index contributed by atoms with van der Waals surface area (Å²) in [6.45, 7) is 6.26. The zero-order valence-electron chi connectivity index (χ0n) is 10.9. The van der Waals surface area contributed by atoms with Crippen LogP contribution < -0.4 is 0 Å². The molecule has 0 spiro atoms. The zero-order chi connectivity index (χ0) is 12.1. The summed E-state index contributed by atoms with van der Waals surface area (Å²) in [4.78, 5) is 11.4. The maximum Gasteiger partial charge on any atom is 0.312 e. The van der Waals surface area contributed by atoms with Gasteiger partial charge in [0.25, 0.3) is 0 Å². The van der Waals surface area contributed by atoms with E-state index in [-0.39, 0.29) is 24.3 Å². The first kappa shape index (κ1) is 16.0. The van der Waals surface area contributed by atoms with Crippen molar-refractivity contribution < 1.29 is 9.53 Å². The summed E-state index contributed by atoms with van der Waals surface area (Å²) in [5, 5.41) is 0. The Morgan fingerprint density at radius 3 is 2.12 bits per heavy atom. The number of carbonyl (C=O) groups is 1. The van der Waals surface area contributed by atoms with Crippen LogP contribution >= 0.6 is 12.4 Å². The third kappa shape index (κ3) is 4.78. The van der Waals surface area contributed by atoms with E-state index in [1.807, 2.05) is 19.1 Å². The summed E-state index contributed by atoms with van der Waals surface area (Å²) in [6.07, 6.45) is 1.08. The summed E-state index contributed by atoms with van der Waals surface area (Å²) in [7, 11) is 1.42. The predicted octanol–water partition coefficient (Wildman–Crippen LogP) is 3.58. The van der Waals surface area contributed by atoms with Crippen LogP contribution in [0.1, 0.15) is 37.8 Å². The predicted molar refractivity (Wildman–Crippen MR) is 72.7 cm³/mol. The highest BCUT2D eigenvalue weighted by atomic mass is 35.5. The Kier molecular flexibility index (Phi) is 6.89. The molecule has 17 heavy (non-hydrogen) atoms. The molecule has 0 aliphatic carbocycles. The van der Waals surface area contributed by atoms with Crippen LogP contribution in [0.3, 0.4) is 0 Å². The Morgan fingerprint density at radius 2 is 1.71 bits per heavy atom. The van der Waals surface area contributed by atoms with Crippen molar-refractivity contribution in [1.82, 2.24) is 0 Å². The fourth-order valence-corrected chi connectivity index (χ4v) is 1.73. The van der Waals surface area contributed by atoms with E-state index < -0.39 is 0 Å². The zero-order valence-corrected chi connectivity index (χ0v) is 11.7. The van der Waals surface area contributed by atoms with Crippen LogP contribution in [-0.4, -0.2) is 13.1 Å². The minimum absolute atomic E-state index is 0. The molecule has 0 amide bonds. The molecule has 0 radical (unpaired) electrons. The number of halogens is 1. The Bertz CT molecular complexity index is 344. The van der Waals surface area contributed by atoms with Gasteiger partial charge >= 0.3 is 5.97 Å². The molecule has 1 rings (SSSR count). The van der Waals surface area contributed by atoms with Crippen LogP contribution in [0.25, 0.3) is 0 Å². The van der Waals surface area contributed by atoms with Crippen LogP contribution in [0.15, 0.2) is 24.3 Å². The lowest BCUT2D eigenvalue weighted by molar-refractivity contribution is -0.141. The van der Waals surface area contributed by atoms with Gasteiger partial charge < -0.3 is 4.74 Å². The van der Waals surface area contributed by atoms with Gasteiger partial charge in [0.15, 0.2) is 0 Å². The molecule has 0 heterocycles. The van der Waals surface area contributed by atoms with Gasteiger partial charge in [0, 0.05) is 0 Å². The van der Waals surface area contributed by atoms with Crippen molar-refractivity contribution in [2.75, 3.05) is 7.11 Å². The van der Waals surface area contributed by atoms with Crippen LogP contribution in [0.5, 0.6) is 0 Å². The lowest BCUT2D eigenvalue weighted by atomic mass is 9.97. The van der Waals surface area contributed by atoms with Gasteiger partial charge in [-0.1, -0.05) is 38.1 Å². The van der Waals surface area contributed by atoms with Gasteiger partial charge in [-0.15, -0.1) is 12.4 Å². The van der Waals surface area contributed by atoms with E-state index in [2.05, 4.69) is 26.0 Å². The highest BCUT2D eigenvalue weighted by molar-refractivity contribution is 5.85. The first-order valence-electron chi connectivity index (χ1n) is 5.71. The molecule has 1 aromatic rings. The molecule has 0 bridgehead atoms. The standard InChI is InChI=1S/C14H20O2.ClH/c1-10(2)9-12-5-7-13(8-6-12)11(3)14(15)16-4;/h5-8,10-11H,9H2,1-4H3;1H. The first-order chi connectivity index (χ1) is 7.54. The van der Waals surface area contributed by atoms with Crippen LogP contribution in [0, 0.1) is 5.92 Å². The second kappa shape index (κ2) is 7.33. The first-order valence-corrected chi connectivity index (χ1v) is 5.71. The third-order valence-corrected chi connectivity index (χ3v) is 2.68.